The summed E-state index contributed by atoms with van der Waals surface area (Å²) in [6.07, 6.45) is -4.45. The van der Waals surface area contributed by atoms with Crippen molar-refractivity contribution in [2.75, 3.05) is 6.54 Å². The van der Waals surface area contributed by atoms with Gasteiger partial charge in [0.2, 0.25) is 10.0 Å². The summed E-state index contributed by atoms with van der Waals surface area (Å²) in [6.45, 7) is 1.69. The van der Waals surface area contributed by atoms with E-state index in [4.69, 9.17) is 11.0 Å². The maximum Gasteiger partial charge on any atom is 0.417 e. The normalized spacial score (nSPS) is 13.7. The van der Waals surface area contributed by atoms with Gasteiger partial charge in [0.1, 0.15) is 0 Å². The van der Waals surface area contributed by atoms with Gasteiger partial charge in [-0.2, -0.15) is 18.4 Å². The van der Waals surface area contributed by atoms with Crippen molar-refractivity contribution >= 4 is 10.0 Å². The van der Waals surface area contributed by atoms with Crippen molar-refractivity contribution < 1.29 is 21.6 Å². The standard InChI is InChI=1S/C12H14F3N3O2S/c1-8(17)4-5-18-21(19,20)10-3-2-9(7-16)11(6-10)12(13,14)15/h2-3,6,8,18H,4-5,17H2,1H3. The Balaban J connectivity index is 3.12. The second kappa shape index (κ2) is 6.43. The summed E-state index contributed by atoms with van der Waals surface area (Å²) in [4.78, 5) is -0.543. The third-order valence-electron chi connectivity index (χ3n) is 2.62. The second-order valence-electron chi connectivity index (χ2n) is 4.48. The molecule has 1 atom stereocenters. The lowest BCUT2D eigenvalue weighted by molar-refractivity contribution is -0.137. The zero-order valence-electron chi connectivity index (χ0n) is 11.1. The van der Waals surface area contributed by atoms with E-state index in [9.17, 15) is 21.6 Å². The number of hydrogen-bond acceptors (Lipinski definition) is 4. The lowest BCUT2D eigenvalue weighted by Crippen LogP contribution is -2.29. The van der Waals surface area contributed by atoms with Crippen LogP contribution in [0.25, 0.3) is 0 Å². The number of halogens is 3. The molecule has 0 fully saturated rings. The average molecular weight is 321 g/mol. The van der Waals surface area contributed by atoms with Crippen LogP contribution in [0.5, 0.6) is 0 Å². The molecule has 0 spiro atoms. The number of sulfonamides is 1. The van der Waals surface area contributed by atoms with Gasteiger partial charge in [-0.05, 0) is 31.5 Å². The average Bonchev–Trinajstić information content (AvgIpc) is 2.36. The van der Waals surface area contributed by atoms with E-state index in [1.807, 2.05) is 0 Å². The quantitative estimate of drug-likeness (QED) is 0.861. The molecular formula is C12H14F3N3O2S. The predicted octanol–water partition coefficient (Wildman–Crippen LogP) is 1.59. The molecule has 1 aromatic carbocycles. The molecule has 0 heterocycles. The Labute approximate surface area is 120 Å². The van der Waals surface area contributed by atoms with Gasteiger partial charge in [0, 0.05) is 12.6 Å². The minimum Gasteiger partial charge on any atom is -0.328 e. The zero-order valence-corrected chi connectivity index (χ0v) is 11.9. The van der Waals surface area contributed by atoms with Gasteiger partial charge in [-0.15, -0.1) is 0 Å². The Hall–Kier alpha value is -1.63. The Morgan fingerprint density at radius 3 is 2.52 bits per heavy atom. The molecule has 1 aromatic rings. The smallest absolute Gasteiger partial charge is 0.328 e. The van der Waals surface area contributed by atoms with Crippen LogP contribution in [0.1, 0.15) is 24.5 Å². The van der Waals surface area contributed by atoms with Crippen LogP contribution in [0.2, 0.25) is 0 Å². The van der Waals surface area contributed by atoms with Crippen molar-refractivity contribution in [1.82, 2.24) is 4.72 Å². The van der Waals surface area contributed by atoms with Crippen LogP contribution in [0.3, 0.4) is 0 Å². The maximum atomic E-state index is 12.8. The van der Waals surface area contributed by atoms with Crippen molar-refractivity contribution in [1.29, 1.82) is 5.26 Å². The zero-order chi connectivity index (χ0) is 16.3. The fourth-order valence-electron chi connectivity index (χ4n) is 1.53. The van der Waals surface area contributed by atoms with Crippen LogP contribution < -0.4 is 10.5 Å². The largest absolute Gasteiger partial charge is 0.417 e. The van der Waals surface area contributed by atoms with E-state index in [-0.39, 0.29) is 12.6 Å². The van der Waals surface area contributed by atoms with Gasteiger partial charge >= 0.3 is 6.18 Å². The van der Waals surface area contributed by atoms with Gasteiger partial charge in [-0.25, -0.2) is 13.1 Å². The molecule has 0 saturated heterocycles. The Morgan fingerprint density at radius 1 is 1.43 bits per heavy atom. The summed E-state index contributed by atoms with van der Waals surface area (Å²) in [6, 6.07) is 3.40. The first kappa shape index (κ1) is 17.4. The topological polar surface area (TPSA) is 96.0 Å². The molecule has 0 radical (unpaired) electrons. The van der Waals surface area contributed by atoms with Gasteiger partial charge in [0.25, 0.3) is 0 Å². The number of benzene rings is 1. The molecule has 5 nitrogen and oxygen atoms in total. The Morgan fingerprint density at radius 2 is 2.05 bits per heavy atom. The van der Waals surface area contributed by atoms with E-state index in [0.717, 1.165) is 12.1 Å². The number of nitrogens with zero attached hydrogens (tertiary/aromatic N) is 1. The van der Waals surface area contributed by atoms with E-state index in [0.29, 0.717) is 12.5 Å². The maximum absolute atomic E-state index is 12.8. The van der Waals surface area contributed by atoms with E-state index < -0.39 is 32.2 Å². The van der Waals surface area contributed by atoms with Crippen molar-refractivity contribution in [3.8, 4) is 6.07 Å². The van der Waals surface area contributed by atoms with Crippen LogP contribution in [-0.4, -0.2) is 21.0 Å². The molecule has 0 amide bonds. The molecule has 1 unspecified atom stereocenters. The van der Waals surface area contributed by atoms with E-state index in [2.05, 4.69) is 4.72 Å². The molecule has 3 N–H and O–H groups in total. The van der Waals surface area contributed by atoms with Crippen LogP contribution in [0.15, 0.2) is 23.1 Å². The summed E-state index contributed by atoms with van der Waals surface area (Å²) in [5.41, 5.74) is 3.55. The van der Waals surface area contributed by atoms with E-state index in [1.165, 1.54) is 6.07 Å². The van der Waals surface area contributed by atoms with Crippen LogP contribution in [0, 0.1) is 11.3 Å². The lowest BCUT2D eigenvalue weighted by atomic mass is 10.1. The van der Waals surface area contributed by atoms with Crippen molar-refractivity contribution in [2.24, 2.45) is 5.73 Å². The highest BCUT2D eigenvalue weighted by molar-refractivity contribution is 7.89. The second-order valence-corrected chi connectivity index (χ2v) is 6.25. The summed E-state index contributed by atoms with van der Waals surface area (Å²) in [5, 5.41) is 8.65. The van der Waals surface area contributed by atoms with Crippen molar-refractivity contribution in [3.63, 3.8) is 0 Å². The number of nitrogens with two attached hydrogens (primary N) is 1. The van der Waals surface area contributed by atoms with Crippen LogP contribution in [0.4, 0.5) is 13.2 Å². The number of alkyl halides is 3. The summed E-state index contributed by atoms with van der Waals surface area (Å²) in [7, 11) is -4.08. The first-order chi connectivity index (χ1) is 9.58. The summed E-state index contributed by atoms with van der Waals surface area (Å²) < 4.78 is 64.3. The van der Waals surface area contributed by atoms with Crippen molar-refractivity contribution in [2.45, 2.75) is 30.5 Å². The highest BCUT2D eigenvalue weighted by Gasteiger charge is 2.34. The molecule has 0 saturated carbocycles. The number of nitriles is 1. The van der Waals surface area contributed by atoms with Gasteiger partial charge in [-0.1, -0.05) is 0 Å². The molecule has 0 aliphatic heterocycles. The third-order valence-corrected chi connectivity index (χ3v) is 4.08. The third kappa shape index (κ3) is 4.70. The molecule has 0 aliphatic carbocycles. The van der Waals surface area contributed by atoms with Gasteiger partial charge in [-0.3, -0.25) is 0 Å². The minimum absolute atomic E-state index is 0.0152. The van der Waals surface area contributed by atoms with Gasteiger partial charge in [0.05, 0.1) is 22.1 Å². The van der Waals surface area contributed by atoms with E-state index in [1.54, 1.807) is 6.92 Å². The fraction of sp³-hybridized carbons (Fsp3) is 0.417. The van der Waals surface area contributed by atoms with Crippen molar-refractivity contribution in [3.05, 3.63) is 29.3 Å². The molecule has 1 rings (SSSR count). The Kier molecular flexibility index (Phi) is 5.33. The lowest BCUT2D eigenvalue weighted by Gasteiger charge is -2.12. The monoisotopic (exact) mass is 321 g/mol. The van der Waals surface area contributed by atoms with Gasteiger partial charge < -0.3 is 5.73 Å². The summed E-state index contributed by atoms with van der Waals surface area (Å²) in [5.74, 6) is 0. The minimum atomic E-state index is -4.80. The van der Waals surface area contributed by atoms with Crippen LogP contribution in [-0.2, 0) is 16.2 Å². The predicted molar refractivity (Wildman–Crippen MR) is 69.6 cm³/mol. The number of rotatable bonds is 5. The molecule has 0 bridgehead atoms. The molecule has 21 heavy (non-hydrogen) atoms. The molecule has 0 aliphatic rings. The first-order valence-electron chi connectivity index (χ1n) is 5.94. The highest BCUT2D eigenvalue weighted by atomic mass is 32.2. The molecule has 0 aromatic heterocycles. The molecule has 116 valence electrons. The Bertz CT molecular complexity index is 649. The summed E-state index contributed by atoms with van der Waals surface area (Å²) >= 11 is 0. The highest BCUT2D eigenvalue weighted by Crippen LogP contribution is 2.33. The molecule has 9 heteroatoms. The number of nitrogens with one attached hydrogen (secondary N) is 1. The van der Waals surface area contributed by atoms with Gasteiger partial charge in [0.15, 0.2) is 0 Å². The molecular weight excluding hydrogens is 307 g/mol. The first-order valence-corrected chi connectivity index (χ1v) is 7.43. The SMILES string of the molecule is CC(N)CCNS(=O)(=O)c1ccc(C#N)c(C(F)(F)F)c1. The van der Waals surface area contributed by atoms with Crippen LogP contribution >= 0.6 is 0 Å². The fourth-order valence-corrected chi connectivity index (χ4v) is 2.60. The van der Waals surface area contributed by atoms with E-state index >= 15 is 0 Å². The number of hydrogen-bond donors (Lipinski definition) is 2.